The Bertz CT molecular complexity index is 2300. The number of hydrogen-bond acceptors (Lipinski definition) is 10. The highest BCUT2D eigenvalue weighted by Gasteiger charge is 2.22. The van der Waals surface area contributed by atoms with Crippen molar-refractivity contribution in [2.75, 3.05) is 28.4 Å². The molecule has 2 aliphatic heterocycles. The second kappa shape index (κ2) is 17.2. The number of aromatic nitrogens is 4. The van der Waals surface area contributed by atoms with E-state index in [0.29, 0.717) is 42.8 Å². The molecule has 0 spiro atoms. The van der Waals surface area contributed by atoms with Crippen LogP contribution >= 0.6 is 0 Å². The molecule has 0 fully saturated rings. The molecule has 0 saturated heterocycles. The van der Waals surface area contributed by atoms with Gasteiger partial charge >= 0.3 is 23.9 Å². The maximum absolute atomic E-state index is 12.3. The number of ether oxygens (including phenoxy) is 4. The van der Waals surface area contributed by atoms with E-state index in [1.807, 2.05) is 52.0 Å². The van der Waals surface area contributed by atoms with Crippen molar-refractivity contribution in [3.63, 3.8) is 0 Å². The molecule has 54 heavy (non-hydrogen) atoms. The van der Waals surface area contributed by atoms with Crippen molar-refractivity contribution in [1.82, 2.24) is 19.9 Å². The highest BCUT2D eigenvalue weighted by atomic mass is 16.5. The number of hydrogen-bond donors (Lipinski definition) is 2. The highest BCUT2D eigenvalue weighted by molar-refractivity contribution is 5.96. The number of H-pyrrole nitrogens is 2. The predicted molar refractivity (Wildman–Crippen MR) is 208 cm³/mol. The molecule has 12 nitrogen and oxygen atoms in total. The van der Waals surface area contributed by atoms with Gasteiger partial charge in [-0.3, -0.25) is 9.59 Å². The first-order valence-corrected chi connectivity index (χ1v) is 17.7. The average Bonchev–Trinajstić information content (AvgIpc) is 3.82. The van der Waals surface area contributed by atoms with Gasteiger partial charge in [0, 0.05) is 47.1 Å². The Balaban J connectivity index is 1.87. The van der Waals surface area contributed by atoms with E-state index in [9.17, 15) is 19.2 Å². The molecule has 0 atom stereocenters. The third-order valence-electron chi connectivity index (χ3n) is 9.97. The van der Waals surface area contributed by atoms with Gasteiger partial charge in [0.15, 0.2) is 0 Å². The first-order valence-electron chi connectivity index (χ1n) is 17.7. The molecule has 3 aromatic heterocycles. The second-order valence-electron chi connectivity index (χ2n) is 13.1. The Kier molecular flexibility index (Phi) is 12.5. The van der Waals surface area contributed by atoms with Crippen molar-refractivity contribution in [3.8, 4) is 0 Å². The number of nitrogens with zero attached hydrogens (tertiary/aromatic N) is 2. The summed E-state index contributed by atoms with van der Waals surface area (Å²) in [5, 5.41) is 0. The SMILES string of the molecule is COC(=O)/C=C\CC1=C(C)c2cc3[nH]c(cc4[nH]c(cc5nc(cc1n2)C(C)=C5C/C=C/C(=O)OC)c(C)c4CCC(=O)OC)c(CCC(=O)OC)c3C. The molecule has 2 aliphatic rings. The van der Waals surface area contributed by atoms with Crippen LogP contribution in [-0.4, -0.2) is 72.3 Å². The monoisotopic (exact) mass is 734 g/mol. The quantitative estimate of drug-likeness (QED) is 0.110. The fraction of sp³-hybridized carbons (Fsp3) is 0.333. The molecule has 0 aromatic carbocycles. The van der Waals surface area contributed by atoms with Gasteiger partial charge in [-0.25, -0.2) is 19.6 Å². The van der Waals surface area contributed by atoms with Crippen molar-refractivity contribution in [1.29, 1.82) is 0 Å². The molecular formula is C42H46N4O8. The van der Waals surface area contributed by atoms with Crippen LogP contribution in [0.2, 0.25) is 0 Å². The number of nitrogens with one attached hydrogen (secondary N) is 2. The lowest BCUT2D eigenvalue weighted by molar-refractivity contribution is -0.141. The van der Waals surface area contributed by atoms with Crippen molar-refractivity contribution < 1.29 is 38.1 Å². The van der Waals surface area contributed by atoms with Crippen LogP contribution in [0.15, 0.2) is 48.6 Å². The topological polar surface area (TPSA) is 163 Å². The molecular weight excluding hydrogens is 688 g/mol. The lowest BCUT2D eigenvalue weighted by Gasteiger charge is -2.03. The minimum atomic E-state index is -0.455. The van der Waals surface area contributed by atoms with Gasteiger partial charge in [0.25, 0.3) is 0 Å². The standard InChI is InChI=1S/C42H46N4O8/c1-23-27(11-9-13-39(47)51-5)35-20-33-24(2)28(12-10-14-40(48)52-6)36(45-33)21-34-26(4)30(16-18-42(50)54-8)38(46-34)22-37-29(15-17-41(49)53-7)25(3)32(44-37)19-31(23)43-35/h9-10,13-14,19-22,44,46H,11-12,15-18H2,1-8H3/b13-9-,14-10+,31-19?,32-19?,33-20?,34-21?,35-20?,36-21?,37-22?,38-22?. The summed E-state index contributed by atoms with van der Waals surface area (Å²) in [6, 6.07) is 7.95. The second-order valence-corrected chi connectivity index (χ2v) is 13.1. The van der Waals surface area contributed by atoms with Gasteiger partial charge in [-0.2, -0.15) is 0 Å². The van der Waals surface area contributed by atoms with E-state index in [1.54, 1.807) is 12.2 Å². The Labute approximate surface area is 314 Å². The highest BCUT2D eigenvalue weighted by Crippen LogP contribution is 2.37. The van der Waals surface area contributed by atoms with Crippen molar-refractivity contribution in [2.45, 2.75) is 66.2 Å². The molecule has 2 N–H and O–H groups in total. The molecule has 3 aromatic rings. The zero-order valence-electron chi connectivity index (χ0n) is 32.0. The average molecular weight is 735 g/mol. The maximum Gasteiger partial charge on any atom is 0.330 e. The van der Waals surface area contributed by atoms with E-state index in [1.165, 1.54) is 40.6 Å². The van der Waals surface area contributed by atoms with Gasteiger partial charge in [-0.15, -0.1) is 0 Å². The first kappa shape index (κ1) is 39.2. The lowest BCUT2D eigenvalue weighted by atomic mass is 10.00. The maximum atomic E-state index is 12.3. The fourth-order valence-corrected chi connectivity index (χ4v) is 6.72. The van der Waals surface area contributed by atoms with E-state index in [-0.39, 0.29) is 24.8 Å². The normalized spacial score (nSPS) is 12.9. The van der Waals surface area contributed by atoms with Crippen molar-refractivity contribution >= 4 is 68.2 Å². The number of carbonyl (C=O) groups is 4. The van der Waals surface area contributed by atoms with Gasteiger partial charge in [-0.1, -0.05) is 12.2 Å². The van der Waals surface area contributed by atoms with Gasteiger partial charge in [0.2, 0.25) is 0 Å². The molecule has 282 valence electrons. The smallest absolute Gasteiger partial charge is 0.330 e. The summed E-state index contributed by atoms with van der Waals surface area (Å²) in [6.45, 7) is 8.01. The van der Waals surface area contributed by atoms with E-state index >= 15 is 0 Å². The largest absolute Gasteiger partial charge is 0.469 e. The minimum Gasteiger partial charge on any atom is -0.469 e. The number of aromatic amines is 2. The van der Waals surface area contributed by atoms with Crippen molar-refractivity contribution in [3.05, 3.63) is 93.6 Å². The van der Waals surface area contributed by atoms with E-state index in [2.05, 4.69) is 9.97 Å². The molecule has 8 bridgehead atoms. The molecule has 5 rings (SSSR count). The van der Waals surface area contributed by atoms with E-state index in [0.717, 1.165) is 72.3 Å². The summed E-state index contributed by atoms with van der Waals surface area (Å²) >= 11 is 0. The predicted octanol–water partition coefficient (Wildman–Crippen LogP) is 7.24. The van der Waals surface area contributed by atoms with Crippen LogP contribution < -0.4 is 0 Å². The Morgan fingerprint density at radius 3 is 1.39 bits per heavy atom. The van der Waals surface area contributed by atoms with Crippen LogP contribution in [0.1, 0.15) is 84.6 Å². The summed E-state index contributed by atoms with van der Waals surface area (Å²) in [5.41, 5.74) is 13.6. The molecule has 0 saturated carbocycles. The summed E-state index contributed by atoms with van der Waals surface area (Å²) in [6.07, 6.45) is 8.38. The first-order chi connectivity index (χ1) is 25.9. The number of esters is 4. The molecule has 0 amide bonds. The Morgan fingerprint density at radius 2 is 0.963 bits per heavy atom. The molecule has 12 heteroatoms. The third kappa shape index (κ3) is 8.60. The molecule has 0 unspecified atom stereocenters. The van der Waals surface area contributed by atoms with E-state index < -0.39 is 11.9 Å². The summed E-state index contributed by atoms with van der Waals surface area (Å²) < 4.78 is 19.6. The summed E-state index contributed by atoms with van der Waals surface area (Å²) in [5.74, 6) is -1.54. The number of carbonyl (C=O) groups excluding carboxylic acids is 4. The summed E-state index contributed by atoms with van der Waals surface area (Å²) in [7, 11) is 5.42. The van der Waals surface area contributed by atoms with E-state index in [4.69, 9.17) is 28.9 Å². The number of rotatable bonds is 12. The van der Waals surface area contributed by atoms with Crippen LogP contribution in [-0.2, 0) is 51.0 Å². The minimum absolute atomic E-state index is 0.186. The van der Waals surface area contributed by atoms with Gasteiger partial charge < -0.3 is 28.9 Å². The zero-order valence-corrected chi connectivity index (χ0v) is 32.0. The molecule has 0 aliphatic carbocycles. The van der Waals surface area contributed by atoms with Crippen LogP contribution in [0.5, 0.6) is 0 Å². The number of aryl methyl sites for hydroxylation is 4. The molecule has 0 radical (unpaired) electrons. The fourth-order valence-electron chi connectivity index (χ4n) is 6.72. The number of fused-ring (bicyclic) bond motifs is 8. The lowest BCUT2D eigenvalue weighted by Crippen LogP contribution is -2.02. The zero-order chi connectivity index (χ0) is 39.1. The van der Waals surface area contributed by atoms with Crippen molar-refractivity contribution in [2.24, 2.45) is 0 Å². The van der Waals surface area contributed by atoms with Gasteiger partial charge in [0.05, 0.1) is 51.2 Å². The Morgan fingerprint density at radius 1 is 0.556 bits per heavy atom. The van der Waals surface area contributed by atoms with Crippen LogP contribution in [0.25, 0.3) is 44.4 Å². The van der Waals surface area contributed by atoms with Crippen LogP contribution in [0.3, 0.4) is 0 Å². The van der Waals surface area contributed by atoms with Crippen LogP contribution in [0, 0.1) is 13.8 Å². The number of methoxy groups -OCH3 is 4. The van der Waals surface area contributed by atoms with Gasteiger partial charge in [-0.05, 0) is 122 Å². The third-order valence-corrected chi connectivity index (χ3v) is 9.97. The van der Waals surface area contributed by atoms with Gasteiger partial charge in [0.1, 0.15) is 0 Å². The Hall–Kier alpha value is -6.04. The number of allylic oxidation sites excluding steroid dienone is 6. The van der Waals surface area contributed by atoms with Crippen LogP contribution in [0.4, 0.5) is 0 Å². The molecule has 5 heterocycles. The summed E-state index contributed by atoms with van der Waals surface area (Å²) in [4.78, 5) is 65.9.